The molecule has 0 saturated carbocycles. The van der Waals surface area contributed by atoms with Crippen molar-refractivity contribution >= 4 is 0 Å². The molecule has 0 aliphatic carbocycles. The Balaban J connectivity index is 3.63. The molecule has 0 atom stereocenters. The lowest BCUT2D eigenvalue weighted by Gasteiger charge is -1.91. The van der Waals surface area contributed by atoms with Gasteiger partial charge < -0.3 is 0 Å². The minimum Gasteiger partial charge on any atom is -0.0985 e. The van der Waals surface area contributed by atoms with Crippen molar-refractivity contribution in [1.82, 2.24) is 0 Å². The van der Waals surface area contributed by atoms with E-state index in [2.05, 4.69) is 26.2 Å². The van der Waals surface area contributed by atoms with Crippen molar-refractivity contribution in [2.45, 2.75) is 26.2 Å². The van der Waals surface area contributed by atoms with E-state index < -0.39 is 0 Å². The normalized spacial score (nSPS) is 8.50. The quantitative estimate of drug-likeness (QED) is 0.401. The van der Waals surface area contributed by atoms with Gasteiger partial charge in [0.1, 0.15) is 0 Å². The molecule has 0 aromatic rings. The molecule has 0 aromatic carbocycles. The summed E-state index contributed by atoms with van der Waals surface area (Å²) < 4.78 is 0. The molecule has 0 heteroatoms. The highest BCUT2D eigenvalue weighted by molar-refractivity contribution is 5.26. The fourth-order valence-electron chi connectivity index (χ4n) is 0.723. The van der Waals surface area contributed by atoms with Crippen LogP contribution in [-0.2, 0) is 0 Å². The average molecular weight is 136 g/mol. The summed E-state index contributed by atoms with van der Waals surface area (Å²) in [6, 6.07) is 0. The Morgan fingerprint density at radius 2 is 1.90 bits per heavy atom. The summed E-state index contributed by atoms with van der Waals surface area (Å²) in [6.45, 7) is 9.53. The van der Waals surface area contributed by atoms with E-state index in [0.717, 1.165) is 12.0 Å². The van der Waals surface area contributed by atoms with E-state index in [-0.39, 0.29) is 0 Å². The first kappa shape index (κ1) is 9.22. The summed E-state index contributed by atoms with van der Waals surface area (Å²) in [6.07, 6.45) is 9.49. The summed E-state index contributed by atoms with van der Waals surface area (Å²) in [4.78, 5) is 0. The average Bonchev–Trinajstić information content (AvgIpc) is 1.99. The van der Waals surface area contributed by atoms with Crippen molar-refractivity contribution in [2.75, 3.05) is 0 Å². The Morgan fingerprint density at radius 1 is 1.30 bits per heavy atom. The largest absolute Gasteiger partial charge is 0.0985 e. The molecule has 10 heavy (non-hydrogen) atoms. The Hall–Kier alpha value is -0.780. The van der Waals surface area contributed by atoms with Crippen molar-refractivity contribution < 1.29 is 0 Å². The summed E-state index contributed by atoms with van der Waals surface area (Å²) in [5.74, 6) is 0. The maximum atomic E-state index is 3.67. The summed E-state index contributed by atoms with van der Waals surface area (Å²) in [7, 11) is 0. The molecule has 0 aromatic heterocycles. The molecular formula is C10H16. The molecule has 0 aliphatic heterocycles. The van der Waals surface area contributed by atoms with E-state index in [0.29, 0.717) is 0 Å². The third kappa shape index (κ3) is 4.13. The molecule has 0 amide bonds. The van der Waals surface area contributed by atoms with E-state index in [4.69, 9.17) is 0 Å². The minimum absolute atomic E-state index is 1.14. The van der Waals surface area contributed by atoms with Gasteiger partial charge >= 0.3 is 0 Å². The second-order valence-corrected chi connectivity index (χ2v) is 2.25. The molecule has 0 bridgehead atoms. The molecule has 0 spiro atoms. The van der Waals surface area contributed by atoms with Crippen LogP contribution in [0, 0.1) is 0 Å². The van der Waals surface area contributed by atoms with Gasteiger partial charge in [0, 0.05) is 0 Å². The van der Waals surface area contributed by atoms with Crippen molar-refractivity contribution in [2.24, 2.45) is 0 Å². The Labute approximate surface area is 64.0 Å². The third-order valence-electron chi connectivity index (χ3n) is 1.41. The van der Waals surface area contributed by atoms with E-state index in [1.165, 1.54) is 12.8 Å². The second kappa shape index (κ2) is 6.34. The van der Waals surface area contributed by atoms with Crippen LogP contribution in [0.4, 0.5) is 0 Å². The predicted octanol–water partition coefficient (Wildman–Crippen LogP) is 3.48. The van der Waals surface area contributed by atoms with Crippen LogP contribution >= 0.6 is 0 Å². The highest BCUT2D eigenvalue weighted by Gasteiger charge is 1.82. The van der Waals surface area contributed by atoms with Gasteiger partial charge in [-0.2, -0.15) is 0 Å². The monoisotopic (exact) mass is 136 g/mol. The predicted molar refractivity (Wildman–Crippen MR) is 48.0 cm³/mol. The van der Waals surface area contributed by atoms with Gasteiger partial charge in [0.25, 0.3) is 0 Å². The molecule has 0 heterocycles. The lowest BCUT2D eigenvalue weighted by molar-refractivity contribution is 0.813. The minimum atomic E-state index is 1.14. The van der Waals surface area contributed by atoms with Crippen LogP contribution in [0.5, 0.6) is 0 Å². The number of rotatable bonds is 5. The Bertz CT molecular complexity index is 119. The van der Waals surface area contributed by atoms with Crippen molar-refractivity contribution in [3.05, 3.63) is 37.0 Å². The molecule has 0 N–H and O–H groups in total. The Kier molecular flexibility index (Phi) is 5.85. The van der Waals surface area contributed by atoms with Crippen molar-refractivity contribution in [1.29, 1.82) is 0 Å². The molecule has 0 aliphatic rings. The molecular weight excluding hydrogens is 120 g/mol. The zero-order chi connectivity index (χ0) is 7.82. The standard InChI is InChI=1S/C10H16/c1-4-7-8-9-10(5-2)6-3/h5-6,9H,2-4,7-8H2,1H3. The van der Waals surface area contributed by atoms with Gasteiger partial charge in [-0.1, -0.05) is 51.2 Å². The molecule has 56 valence electrons. The number of hydrogen-bond donors (Lipinski definition) is 0. The first-order valence-electron chi connectivity index (χ1n) is 3.80. The van der Waals surface area contributed by atoms with Gasteiger partial charge in [0.05, 0.1) is 0 Å². The molecule has 0 fully saturated rings. The summed E-state index contributed by atoms with van der Waals surface area (Å²) in [5.41, 5.74) is 1.15. The van der Waals surface area contributed by atoms with Crippen LogP contribution < -0.4 is 0 Å². The van der Waals surface area contributed by atoms with Crippen LogP contribution in [-0.4, -0.2) is 0 Å². The maximum Gasteiger partial charge on any atom is -0.0308 e. The van der Waals surface area contributed by atoms with Crippen LogP contribution in [0.25, 0.3) is 0 Å². The molecule has 0 rings (SSSR count). The topological polar surface area (TPSA) is 0 Å². The van der Waals surface area contributed by atoms with Crippen LogP contribution in [0.3, 0.4) is 0 Å². The SMILES string of the molecule is C=CC(C=C)=CCCCC. The van der Waals surface area contributed by atoms with Gasteiger partial charge in [0.2, 0.25) is 0 Å². The van der Waals surface area contributed by atoms with Gasteiger partial charge in [0.15, 0.2) is 0 Å². The van der Waals surface area contributed by atoms with Crippen LogP contribution in [0.1, 0.15) is 26.2 Å². The second-order valence-electron chi connectivity index (χ2n) is 2.25. The molecule has 0 saturated heterocycles. The van der Waals surface area contributed by atoms with Gasteiger partial charge in [-0.05, 0) is 12.0 Å². The first-order valence-corrected chi connectivity index (χ1v) is 3.80. The van der Waals surface area contributed by atoms with E-state index in [9.17, 15) is 0 Å². The van der Waals surface area contributed by atoms with Crippen LogP contribution in [0.2, 0.25) is 0 Å². The number of hydrogen-bond acceptors (Lipinski definition) is 0. The zero-order valence-electron chi connectivity index (χ0n) is 6.77. The fourth-order valence-corrected chi connectivity index (χ4v) is 0.723. The lowest BCUT2D eigenvalue weighted by atomic mass is 10.1. The number of unbranched alkanes of at least 4 members (excludes halogenated alkanes) is 2. The van der Waals surface area contributed by atoms with Crippen molar-refractivity contribution in [3.63, 3.8) is 0 Å². The summed E-state index contributed by atoms with van der Waals surface area (Å²) in [5, 5.41) is 0. The van der Waals surface area contributed by atoms with Crippen LogP contribution in [0.15, 0.2) is 37.0 Å². The zero-order valence-corrected chi connectivity index (χ0v) is 6.77. The fraction of sp³-hybridized carbons (Fsp3) is 0.400. The highest BCUT2D eigenvalue weighted by atomic mass is 13.9. The molecule has 0 unspecified atom stereocenters. The number of allylic oxidation sites excluding steroid dienone is 4. The third-order valence-corrected chi connectivity index (χ3v) is 1.41. The van der Waals surface area contributed by atoms with E-state index >= 15 is 0 Å². The first-order chi connectivity index (χ1) is 4.85. The Morgan fingerprint density at radius 3 is 2.30 bits per heavy atom. The highest BCUT2D eigenvalue weighted by Crippen LogP contribution is 2.02. The molecule has 0 radical (unpaired) electrons. The summed E-state index contributed by atoms with van der Waals surface area (Å²) >= 11 is 0. The maximum absolute atomic E-state index is 3.67. The van der Waals surface area contributed by atoms with Gasteiger partial charge in [-0.15, -0.1) is 0 Å². The van der Waals surface area contributed by atoms with E-state index in [1.807, 2.05) is 12.2 Å². The lowest BCUT2D eigenvalue weighted by Crippen LogP contribution is -1.71. The van der Waals surface area contributed by atoms with E-state index in [1.54, 1.807) is 0 Å². The smallest absolute Gasteiger partial charge is 0.0308 e. The van der Waals surface area contributed by atoms with Crippen molar-refractivity contribution in [3.8, 4) is 0 Å². The van der Waals surface area contributed by atoms with Gasteiger partial charge in [-0.25, -0.2) is 0 Å². The molecule has 0 nitrogen and oxygen atoms in total. The van der Waals surface area contributed by atoms with Gasteiger partial charge in [-0.3, -0.25) is 0 Å².